The molecule has 0 aliphatic rings. The van der Waals surface area contributed by atoms with Crippen LogP contribution in [0.15, 0.2) is 72.8 Å². The molecule has 4 heterocycles. The minimum absolute atomic E-state index is 0.894. The van der Waals surface area contributed by atoms with Gasteiger partial charge in [-0.25, -0.2) is 9.97 Å². The highest BCUT2D eigenvalue weighted by atomic mass is 15.0. The maximum absolute atomic E-state index is 5.17. The van der Waals surface area contributed by atoms with Gasteiger partial charge in [0.05, 0.1) is 39.0 Å². The predicted octanol–water partition coefficient (Wildman–Crippen LogP) is 7.39. The molecule has 0 saturated carbocycles. The summed E-state index contributed by atoms with van der Waals surface area (Å²) >= 11 is 0. The van der Waals surface area contributed by atoms with Crippen LogP contribution in [0.25, 0.3) is 54.9 Å². The van der Waals surface area contributed by atoms with Crippen LogP contribution in [0.5, 0.6) is 0 Å². The topological polar surface area (TPSA) is 34.6 Å². The molecule has 0 N–H and O–H groups in total. The molecule has 0 aliphatic carbocycles. The first-order valence-corrected chi connectivity index (χ1v) is 11.7. The lowest BCUT2D eigenvalue weighted by atomic mass is 10.1. The average Bonchev–Trinajstić information content (AvgIpc) is 3.30. The van der Waals surface area contributed by atoms with E-state index in [0.717, 1.165) is 39.0 Å². The zero-order valence-electron chi connectivity index (χ0n) is 19.7. The van der Waals surface area contributed by atoms with E-state index in [4.69, 9.17) is 9.97 Å². The Bertz CT molecular complexity index is 2000. The highest BCUT2D eigenvalue weighted by molar-refractivity contribution is 6.11. The molecule has 34 heavy (non-hydrogen) atoms. The van der Waals surface area contributed by atoms with Crippen LogP contribution in [0.2, 0.25) is 0 Å². The zero-order chi connectivity index (χ0) is 23.1. The van der Waals surface area contributed by atoms with E-state index in [0.29, 0.717) is 0 Å². The molecule has 4 heteroatoms. The van der Waals surface area contributed by atoms with E-state index in [2.05, 4.69) is 95.4 Å². The maximum atomic E-state index is 5.17. The van der Waals surface area contributed by atoms with Gasteiger partial charge < -0.3 is 4.40 Å². The number of benzene rings is 3. The second kappa shape index (κ2) is 6.67. The third-order valence-electron chi connectivity index (χ3n) is 7.38. The molecule has 3 aromatic carbocycles. The van der Waals surface area contributed by atoms with Gasteiger partial charge in [-0.1, -0.05) is 54.6 Å². The normalized spacial score (nSPS) is 12.1. The number of rotatable bonds is 0. The molecule has 0 atom stereocenters. The molecule has 0 saturated heterocycles. The van der Waals surface area contributed by atoms with Gasteiger partial charge in [0.2, 0.25) is 0 Å². The van der Waals surface area contributed by atoms with Crippen molar-refractivity contribution in [2.45, 2.75) is 27.7 Å². The second-order valence-electron chi connectivity index (χ2n) is 9.24. The van der Waals surface area contributed by atoms with Gasteiger partial charge in [-0.3, -0.25) is 4.40 Å². The van der Waals surface area contributed by atoms with Gasteiger partial charge in [-0.05, 0) is 57.0 Å². The number of para-hydroxylation sites is 3. The van der Waals surface area contributed by atoms with Gasteiger partial charge in [0, 0.05) is 16.2 Å². The minimum atomic E-state index is 0.894. The molecule has 0 bridgehead atoms. The maximum Gasteiger partial charge on any atom is 0.164 e. The summed E-state index contributed by atoms with van der Waals surface area (Å²) in [5.41, 5.74) is 12.2. The van der Waals surface area contributed by atoms with E-state index in [1.807, 2.05) is 13.8 Å². The van der Waals surface area contributed by atoms with Crippen molar-refractivity contribution in [2.75, 3.05) is 0 Å². The Balaban J connectivity index is 2.03. The van der Waals surface area contributed by atoms with Crippen molar-refractivity contribution in [3.8, 4) is 0 Å². The molecule has 0 fully saturated rings. The Morgan fingerprint density at radius 3 is 1.56 bits per heavy atom. The number of aryl methyl sites for hydroxylation is 4. The van der Waals surface area contributed by atoms with Crippen LogP contribution in [0.3, 0.4) is 0 Å². The van der Waals surface area contributed by atoms with Crippen LogP contribution in [0.1, 0.15) is 22.5 Å². The molecule has 0 aliphatic heterocycles. The number of nitrogens with zero attached hydrogens (tertiary/aromatic N) is 4. The van der Waals surface area contributed by atoms with Gasteiger partial charge in [-0.2, -0.15) is 0 Å². The van der Waals surface area contributed by atoms with Crippen LogP contribution in [-0.4, -0.2) is 18.8 Å². The molecule has 0 amide bonds. The van der Waals surface area contributed by atoms with Gasteiger partial charge >= 0.3 is 0 Å². The van der Waals surface area contributed by atoms with Crippen molar-refractivity contribution >= 4 is 54.9 Å². The molecule has 0 spiro atoms. The number of hydrogen-bond donors (Lipinski definition) is 0. The van der Waals surface area contributed by atoms with Crippen LogP contribution >= 0.6 is 0 Å². The summed E-state index contributed by atoms with van der Waals surface area (Å²) in [7, 11) is 0. The predicted molar refractivity (Wildman–Crippen MR) is 142 cm³/mol. The molecule has 4 aromatic heterocycles. The van der Waals surface area contributed by atoms with E-state index < -0.39 is 0 Å². The fourth-order valence-electron chi connectivity index (χ4n) is 5.64. The van der Waals surface area contributed by atoms with Gasteiger partial charge in [0.1, 0.15) is 5.52 Å². The largest absolute Gasteiger partial charge is 0.307 e. The smallest absolute Gasteiger partial charge is 0.164 e. The van der Waals surface area contributed by atoms with Gasteiger partial charge in [0.25, 0.3) is 0 Å². The first-order valence-electron chi connectivity index (χ1n) is 11.7. The average molecular weight is 441 g/mol. The molecule has 4 nitrogen and oxygen atoms in total. The standard InChI is InChI=1S/C30H24N4/c1-17-21-11-5-8-14-24(21)33-26-16-10-7-13-23(26)27-30(32-20(4)19(3)31-27)34-25-15-9-6-12-22(25)18(2)29(34)28(17)33/h5-16H,1-4H3. The van der Waals surface area contributed by atoms with E-state index in [9.17, 15) is 0 Å². The van der Waals surface area contributed by atoms with Crippen molar-refractivity contribution in [1.29, 1.82) is 0 Å². The third kappa shape index (κ3) is 2.32. The molecule has 0 unspecified atom stereocenters. The monoisotopic (exact) mass is 440 g/mol. The molecule has 0 radical (unpaired) electrons. The number of fused-ring (bicyclic) bond motifs is 12. The van der Waals surface area contributed by atoms with Crippen molar-refractivity contribution in [1.82, 2.24) is 18.8 Å². The lowest BCUT2D eigenvalue weighted by Gasteiger charge is -2.11. The minimum Gasteiger partial charge on any atom is -0.307 e. The molecular formula is C30H24N4. The van der Waals surface area contributed by atoms with Crippen LogP contribution in [0.4, 0.5) is 0 Å². The first-order chi connectivity index (χ1) is 16.6. The highest BCUT2D eigenvalue weighted by Crippen LogP contribution is 2.37. The fraction of sp³-hybridized carbons (Fsp3) is 0.133. The van der Waals surface area contributed by atoms with E-state index >= 15 is 0 Å². The van der Waals surface area contributed by atoms with E-state index in [1.54, 1.807) is 0 Å². The SMILES string of the molecule is Cc1nc2c3ccccc3n3c4ccccc4c(C)c3c3c(C)c4ccccc4n3c2nc1C. The molecular weight excluding hydrogens is 416 g/mol. The van der Waals surface area contributed by atoms with Crippen LogP contribution in [0, 0.1) is 27.7 Å². The highest BCUT2D eigenvalue weighted by Gasteiger charge is 2.20. The third-order valence-corrected chi connectivity index (χ3v) is 7.38. The molecule has 7 rings (SSSR count). The van der Waals surface area contributed by atoms with Crippen molar-refractivity contribution < 1.29 is 0 Å². The fourth-order valence-corrected chi connectivity index (χ4v) is 5.64. The van der Waals surface area contributed by atoms with Crippen LogP contribution < -0.4 is 0 Å². The summed E-state index contributed by atoms with van der Waals surface area (Å²) in [4.78, 5) is 10.3. The van der Waals surface area contributed by atoms with E-state index in [-0.39, 0.29) is 0 Å². The van der Waals surface area contributed by atoms with Crippen LogP contribution in [-0.2, 0) is 0 Å². The first kappa shape index (κ1) is 19.3. The van der Waals surface area contributed by atoms with Gasteiger partial charge in [0.15, 0.2) is 5.65 Å². The summed E-state index contributed by atoms with van der Waals surface area (Å²) < 4.78 is 4.77. The van der Waals surface area contributed by atoms with Gasteiger partial charge in [-0.15, -0.1) is 0 Å². The lowest BCUT2D eigenvalue weighted by Crippen LogP contribution is -2.00. The quantitative estimate of drug-likeness (QED) is 0.246. The molecule has 7 aromatic rings. The second-order valence-corrected chi connectivity index (χ2v) is 9.24. The van der Waals surface area contributed by atoms with Crippen molar-refractivity contribution in [3.05, 3.63) is 95.3 Å². The Hall–Kier alpha value is -4.18. The zero-order valence-corrected chi connectivity index (χ0v) is 19.7. The summed E-state index contributed by atoms with van der Waals surface area (Å²) in [6, 6.07) is 25.9. The summed E-state index contributed by atoms with van der Waals surface area (Å²) in [6.07, 6.45) is 0. The molecule has 164 valence electrons. The van der Waals surface area contributed by atoms with E-state index in [1.165, 1.54) is 38.4 Å². The summed E-state index contributed by atoms with van der Waals surface area (Å²) in [5, 5.41) is 3.60. The number of hydrogen-bond acceptors (Lipinski definition) is 2. The Morgan fingerprint density at radius 1 is 0.500 bits per heavy atom. The Morgan fingerprint density at radius 2 is 0.941 bits per heavy atom. The lowest BCUT2D eigenvalue weighted by molar-refractivity contribution is 1.07. The summed E-state index contributed by atoms with van der Waals surface area (Å²) in [6.45, 7) is 8.57. The summed E-state index contributed by atoms with van der Waals surface area (Å²) in [5.74, 6) is 0. The Kier molecular flexibility index (Phi) is 3.79. The van der Waals surface area contributed by atoms with Crippen molar-refractivity contribution in [3.63, 3.8) is 0 Å². The van der Waals surface area contributed by atoms with Crippen molar-refractivity contribution in [2.24, 2.45) is 0 Å². The number of aromatic nitrogens is 4. The Labute approximate surface area is 196 Å².